The van der Waals surface area contributed by atoms with Gasteiger partial charge in [0, 0.05) is 6.07 Å². The third-order valence-corrected chi connectivity index (χ3v) is 2.32. The molecule has 0 fully saturated rings. The van der Waals surface area contributed by atoms with Gasteiger partial charge in [-0.15, -0.1) is 0 Å². The van der Waals surface area contributed by atoms with Gasteiger partial charge in [-0.2, -0.15) is 13.8 Å². The van der Waals surface area contributed by atoms with E-state index in [0.717, 1.165) is 0 Å². The summed E-state index contributed by atoms with van der Waals surface area (Å²) in [5.74, 6) is -5.64. The number of halogens is 3. The fourth-order valence-corrected chi connectivity index (χ4v) is 1.42. The van der Waals surface area contributed by atoms with Crippen LogP contribution in [0.25, 0.3) is 0 Å². The first kappa shape index (κ1) is 13.1. The lowest BCUT2D eigenvalue weighted by molar-refractivity contribution is 0.0464. The number of rotatable bonds is 3. The number of ether oxygens (including phenoxy) is 1. The first-order valence-electron chi connectivity index (χ1n) is 5.30. The number of carbonyl (C=O) groups excluding carboxylic acids is 1. The Kier molecular flexibility index (Phi) is 3.79. The van der Waals surface area contributed by atoms with Gasteiger partial charge in [-0.25, -0.2) is 9.18 Å². The molecule has 0 saturated carbocycles. The van der Waals surface area contributed by atoms with Gasteiger partial charge in [0.05, 0.1) is 0 Å². The van der Waals surface area contributed by atoms with Crippen LogP contribution in [0.1, 0.15) is 15.9 Å². The molecule has 1 heterocycles. The van der Waals surface area contributed by atoms with Gasteiger partial charge in [0.25, 0.3) is 5.95 Å². The highest BCUT2D eigenvalue weighted by Crippen LogP contribution is 2.13. The fraction of sp³-hybridized carbons (Fsp3) is 0.0769. The summed E-state index contributed by atoms with van der Waals surface area (Å²) in [6.07, 6.45) is 0. The van der Waals surface area contributed by atoms with Gasteiger partial charge < -0.3 is 4.74 Å². The Hall–Kier alpha value is -2.37. The summed E-state index contributed by atoms with van der Waals surface area (Å²) >= 11 is 0. The number of nitrogens with zero attached hydrogens (tertiary/aromatic N) is 1. The van der Waals surface area contributed by atoms with Crippen LogP contribution < -0.4 is 0 Å². The van der Waals surface area contributed by atoms with Crippen molar-refractivity contribution in [2.45, 2.75) is 6.61 Å². The first-order valence-corrected chi connectivity index (χ1v) is 5.30. The summed E-state index contributed by atoms with van der Waals surface area (Å²) < 4.78 is 43.7. The van der Waals surface area contributed by atoms with E-state index < -0.39 is 29.2 Å². The maximum atomic E-state index is 13.3. The van der Waals surface area contributed by atoms with Gasteiger partial charge in [-0.3, -0.25) is 0 Å². The molecule has 0 radical (unpaired) electrons. The zero-order valence-electron chi connectivity index (χ0n) is 9.57. The van der Waals surface area contributed by atoms with Crippen LogP contribution in [-0.4, -0.2) is 11.0 Å². The van der Waals surface area contributed by atoms with Crippen LogP contribution in [0.2, 0.25) is 0 Å². The third kappa shape index (κ3) is 3.09. The molecule has 0 spiro atoms. The number of aromatic nitrogens is 1. The second-order valence-electron chi connectivity index (χ2n) is 3.66. The van der Waals surface area contributed by atoms with Crippen LogP contribution in [0, 0.1) is 17.7 Å². The lowest BCUT2D eigenvalue weighted by atomic mass is 10.2. The van der Waals surface area contributed by atoms with E-state index >= 15 is 0 Å². The molecular formula is C13H8F3NO2. The van der Waals surface area contributed by atoms with Gasteiger partial charge >= 0.3 is 5.97 Å². The van der Waals surface area contributed by atoms with E-state index in [1.807, 2.05) is 0 Å². The van der Waals surface area contributed by atoms with Crippen LogP contribution in [-0.2, 0) is 11.3 Å². The Morgan fingerprint density at radius 1 is 1.16 bits per heavy atom. The Morgan fingerprint density at radius 2 is 1.84 bits per heavy atom. The fourth-order valence-electron chi connectivity index (χ4n) is 1.42. The van der Waals surface area contributed by atoms with E-state index in [1.54, 1.807) is 30.3 Å². The minimum Gasteiger partial charge on any atom is -0.457 e. The van der Waals surface area contributed by atoms with Gasteiger partial charge in [0.1, 0.15) is 12.2 Å². The number of esters is 1. The van der Waals surface area contributed by atoms with Gasteiger partial charge in [-0.05, 0) is 5.56 Å². The molecule has 0 saturated heterocycles. The smallest absolute Gasteiger partial charge is 0.341 e. The van der Waals surface area contributed by atoms with Crippen molar-refractivity contribution >= 4 is 5.97 Å². The molecule has 0 amide bonds. The predicted octanol–water partition coefficient (Wildman–Crippen LogP) is 2.86. The number of benzene rings is 1. The van der Waals surface area contributed by atoms with Crippen molar-refractivity contribution in [1.29, 1.82) is 0 Å². The summed E-state index contributed by atoms with van der Waals surface area (Å²) in [7, 11) is 0. The average Bonchev–Trinajstić information content (AvgIpc) is 2.41. The first-order chi connectivity index (χ1) is 9.08. The number of hydrogen-bond acceptors (Lipinski definition) is 3. The van der Waals surface area contributed by atoms with E-state index in [1.165, 1.54) is 0 Å². The second kappa shape index (κ2) is 5.51. The number of pyridine rings is 1. The van der Waals surface area contributed by atoms with E-state index in [2.05, 4.69) is 4.98 Å². The molecule has 2 rings (SSSR count). The molecule has 0 bridgehead atoms. The maximum Gasteiger partial charge on any atom is 0.341 e. The van der Waals surface area contributed by atoms with Crippen molar-refractivity contribution in [2.75, 3.05) is 0 Å². The van der Waals surface area contributed by atoms with Gasteiger partial charge in [-0.1, -0.05) is 30.3 Å². The molecule has 2 aromatic rings. The zero-order chi connectivity index (χ0) is 13.8. The standard InChI is InChI=1S/C13H8F3NO2/c14-10-6-9(11(15)12(16)17-10)13(18)19-7-8-4-2-1-3-5-8/h1-6H,7H2. The topological polar surface area (TPSA) is 39.2 Å². The van der Waals surface area contributed by atoms with Crippen molar-refractivity contribution in [3.8, 4) is 0 Å². The van der Waals surface area contributed by atoms with Crippen molar-refractivity contribution < 1.29 is 22.7 Å². The Morgan fingerprint density at radius 3 is 2.53 bits per heavy atom. The molecule has 19 heavy (non-hydrogen) atoms. The highest BCUT2D eigenvalue weighted by Gasteiger charge is 2.20. The van der Waals surface area contributed by atoms with Crippen LogP contribution in [0.15, 0.2) is 36.4 Å². The van der Waals surface area contributed by atoms with Crippen molar-refractivity contribution in [3.05, 3.63) is 65.2 Å². The van der Waals surface area contributed by atoms with Gasteiger partial charge in [0.15, 0.2) is 5.82 Å². The lowest BCUT2D eigenvalue weighted by Gasteiger charge is -2.06. The summed E-state index contributed by atoms with van der Waals surface area (Å²) in [4.78, 5) is 14.1. The molecule has 1 aromatic carbocycles. The van der Waals surface area contributed by atoms with Crippen LogP contribution in [0.3, 0.4) is 0 Å². The highest BCUT2D eigenvalue weighted by molar-refractivity contribution is 5.89. The lowest BCUT2D eigenvalue weighted by Crippen LogP contribution is -2.11. The van der Waals surface area contributed by atoms with Gasteiger partial charge in [0.2, 0.25) is 5.95 Å². The minimum absolute atomic E-state index is 0.120. The normalized spacial score (nSPS) is 10.3. The van der Waals surface area contributed by atoms with Crippen molar-refractivity contribution in [2.24, 2.45) is 0 Å². The molecule has 0 aliphatic heterocycles. The maximum absolute atomic E-state index is 13.3. The molecule has 0 aliphatic carbocycles. The van der Waals surface area contributed by atoms with E-state index in [0.29, 0.717) is 11.6 Å². The summed E-state index contributed by atoms with van der Waals surface area (Å²) in [6.45, 7) is -0.120. The number of hydrogen-bond donors (Lipinski definition) is 0. The molecule has 0 aliphatic rings. The summed E-state index contributed by atoms with van der Waals surface area (Å²) in [5, 5.41) is 0. The summed E-state index contributed by atoms with van der Waals surface area (Å²) in [5.41, 5.74) is -0.146. The molecule has 1 aromatic heterocycles. The predicted molar refractivity (Wildman–Crippen MR) is 59.7 cm³/mol. The highest BCUT2D eigenvalue weighted by atomic mass is 19.2. The van der Waals surface area contributed by atoms with E-state index in [4.69, 9.17) is 4.74 Å². The summed E-state index contributed by atoms with van der Waals surface area (Å²) in [6, 6.07) is 9.12. The van der Waals surface area contributed by atoms with E-state index in [9.17, 15) is 18.0 Å². The second-order valence-corrected chi connectivity index (χ2v) is 3.66. The minimum atomic E-state index is -1.67. The quantitative estimate of drug-likeness (QED) is 0.634. The molecule has 0 unspecified atom stereocenters. The Labute approximate surface area is 106 Å². The SMILES string of the molecule is O=C(OCc1ccccc1)c1cc(F)nc(F)c1F. The molecule has 98 valence electrons. The average molecular weight is 267 g/mol. The van der Waals surface area contributed by atoms with E-state index in [-0.39, 0.29) is 6.61 Å². The molecular weight excluding hydrogens is 259 g/mol. The molecule has 3 nitrogen and oxygen atoms in total. The largest absolute Gasteiger partial charge is 0.457 e. The van der Waals surface area contributed by atoms with Crippen LogP contribution in [0.5, 0.6) is 0 Å². The van der Waals surface area contributed by atoms with Crippen molar-refractivity contribution in [3.63, 3.8) is 0 Å². The van der Waals surface area contributed by atoms with Crippen LogP contribution >= 0.6 is 0 Å². The molecule has 0 N–H and O–H groups in total. The monoisotopic (exact) mass is 267 g/mol. The Bertz CT molecular complexity index is 602. The van der Waals surface area contributed by atoms with Crippen molar-refractivity contribution in [1.82, 2.24) is 4.98 Å². The molecule has 0 atom stereocenters. The zero-order valence-corrected chi connectivity index (χ0v) is 9.57. The Balaban J connectivity index is 2.13. The third-order valence-electron chi connectivity index (χ3n) is 2.32. The van der Waals surface area contributed by atoms with Crippen LogP contribution in [0.4, 0.5) is 13.2 Å². The molecule has 6 heteroatoms. The number of carbonyl (C=O) groups is 1.